The van der Waals surface area contributed by atoms with Crippen LogP contribution in [0.2, 0.25) is 5.02 Å². The summed E-state index contributed by atoms with van der Waals surface area (Å²) in [6.07, 6.45) is 1.61. The molecule has 0 atom stereocenters. The van der Waals surface area contributed by atoms with Crippen LogP contribution in [0.1, 0.15) is 11.3 Å². The van der Waals surface area contributed by atoms with Crippen LogP contribution in [0.5, 0.6) is 5.75 Å². The minimum atomic E-state index is -0.456. The van der Waals surface area contributed by atoms with Crippen molar-refractivity contribution >= 4 is 34.7 Å². The van der Waals surface area contributed by atoms with Crippen LogP contribution in [-0.2, 0) is 16.0 Å². The van der Waals surface area contributed by atoms with E-state index in [1.54, 1.807) is 34.9 Å². The largest absolute Gasteiger partial charge is 0.504 e. The number of hydrogen-bond acceptors (Lipinski definition) is 6. The third kappa shape index (κ3) is 3.46. The first-order valence-corrected chi connectivity index (χ1v) is 7.81. The van der Waals surface area contributed by atoms with Gasteiger partial charge in [-0.25, -0.2) is 4.98 Å². The Hall–Kier alpha value is -2.93. The van der Waals surface area contributed by atoms with E-state index in [1.165, 1.54) is 13.2 Å². The molecule has 0 saturated heterocycles. The lowest BCUT2D eigenvalue weighted by atomic mass is 10.2. The SMILES string of the molecule is COC(=O)Cc1nc2c(O)cccn2c1N=Nc1ccc(Cl)cc1C. The van der Waals surface area contributed by atoms with Crippen molar-refractivity contribution in [3.63, 3.8) is 0 Å². The molecule has 25 heavy (non-hydrogen) atoms. The topological polar surface area (TPSA) is 88.5 Å². The minimum Gasteiger partial charge on any atom is -0.504 e. The Kier molecular flexibility index (Phi) is 4.67. The number of fused-ring (bicyclic) bond motifs is 1. The van der Waals surface area contributed by atoms with Crippen LogP contribution in [-0.4, -0.2) is 27.6 Å². The van der Waals surface area contributed by atoms with Gasteiger partial charge in [-0.1, -0.05) is 11.6 Å². The lowest BCUT2D eigenvalue weighted by molar-refractivity contribution is -0.139. The maximum Gasteiger partial charge on any atom is 0.311 e. The smallest absolute Gasteiger partial charge is 0.311 e. The third-order valence-electron chi connectivity index (χ3n) is 3.62. The summed E-state index contributed by atoms with van der Waals surface area (Å²) in [5.41, 5.74) is 2.16. The summed E-state index contributed by atoms with van der Waals surface area (Å²) in [5.74, 6) is -0.120. The summed E-state index contributed by atoms with van der Waals surface area (Å²) in [6, 6.07) is 8.42. The van der Waals surface area contributed by atoms with Gasteiger partial charge in [-0.3, -0.25) is 9.20 Å². The van der Waals surface area contributed by atoms with Gasteiger partial charge in [0.15, 0.2) is 17.2 Å². The zero-order valence-corrected chi connectivity index (χ0v) is 14.4. The van der Waals surface area contributed by atoms with Gasteiger partial charge in [0.25, 0.3) is 0 Å². The Morgan fingerprint density at radius 2 is 2.16 bits per heavy atom. The Labute approximate surface area is 148 Å². The highest BCUT2D eigenvalue weighted by molar-refractivity contribution is 6.30. The summed E-state index contributed by atoms with van der Waals surface area (Å²) in [5, 5.41) is 19.1. The van der Waals surface area contributed by atoms with E-state index in [2.05, 4.69) is 15.2 Å². The normalized spacial score (nSPS) is 11.3. The molecule has 0 unspecified atom stereocenters. The van der Waals surface area contributed by atoms with Gasteiger partial charge in [-0.15, -0.1) is 10.2 Å². The Morgan fingerprint density at radius 1 is 1.36 bits per heavy atom. The second kappa shape index (κ2) is 6.90. The van der Waals surface area contributed by atoms with Crippen LogP contribution < -0.4 is 0 Å². The van der Waals surface area contributed by atoms with Gasteiger partial charge >= 0.3 is 5.97 Å². The Bertz CT molecular complexity index is 981. The molecule has 0 aliphatic heterocycles. The van der Waals surface area contributed by atoms with Crippen molar-refractivity contribution in [2.45, 2.75) is 13.3 Å². The third-order valence-corrected chi connectivity index (χ3v) is 3.86. The first-order valence-electron chi connectivity index (χ1n) is 7.43. The van der Waals surface area contributed by atoms with Crippen molar-refractivity contribution in [1.29, 1.82) is 0 Å². The van der Waals surface area contributed by atoms with Crippen molar-refractivity contribution in [1.82, 2.24) is 9.38 Å². The molecule has 128 valence electrons. The lowest BCUT2D eigenvalue weighted by Gasteiger charge is -2.01. The average molecular weight is 359 g/mol. The van der Waals surface area contributed by atoms with Gasteiger partial charge < -0.3 is 9.84 Å². The van der Waals surface area contributed by atoms with Gasteiger partial charge in [0.2, 0.25) is 0 Å². The van der Waals surface area contributed by atoms with Gasteiger partial charge in [-0.2, -0.15) is 0 Å². The van der Waals surface area contributed by atoms with E-state index in [-0.39, 0.29) is 12.2 Å². The van der Waals surface area contributed by atoms with Gasteiger partial charge in [0, 0.05) is 11.2 Å². The molecule has 0 spiro atoms. The van der Waals surface area contributed by atoms with Crippen LogP contribution in [0.25, 0.3) is 5.65 Å². The number of azo groups is 1. The molecule has 0 aliphatic carbocycles. The Balaban J connectivity index is 2.09. The number of halogens is 1. The summed E-state index contributed by atoms with van der Waals surface area (Å²) in [6.45, 7) is 1.87. The predicted molar refractivity (Wildman–Crippen MR) is 92.9 cm³/mol. The number of pyridine rings is 1. The van der Waals surface area contributed by atoms with Crippen LogP contribution in [0.4, 0.5) is 11.5 Å². The fraction of sp³-hybridized carbons (Fsp3) is 0.176. The van der Waals surface area contributed by atoms with E-state index in [1.807, 2.05) is 6.92 Å². The number of methoxy groups -OCH3 is 1. The molecule has 2 aromatic heterocycles. The summed E-state index contributed by atoms with van der Waals surface area (Å²) >= 11 is 5.95. The van der Waals surface area contributed by atoms with Gasteiger partial charge in [-0.05, 0) is 42.8 Å². The van der Waals surface area contributed by atoms with E-state index < -0.39 is 5.97 Å². The van der Waals surface area contributed by atoms with E-state index in [9.17, 15) is 9.90 Å². The molecule has 0 amide bonds. The van der Waals surface area contributed by atoms with Crippen LogP contribution in [0.15, 0.2) is 46.8 Å². The molecule has 7 nitrogen and oxygen atoms in total. The van der Waals surface area contributed by atoms with E-state index in [0.29, 0.717) is 27.9 Å². The number of carbonyl (C=O) groups is 1. The van der Waals surface area contributed by atoms with E-state index in [0.717, 1.165) is 5.56 Å². The number of aromatic nitrogens is 2. The molecule has 1 N–H and O–H groups in total. The molecule has 8 heteroatoms. The number of benzene rings is 1. The molecule has 0 radical (unpaired) electrons. The maximum absolute atomic E-state index is 11.6. The molecule has 0 fully saturated rings. The molecule has 1 aromatic carbocycles. The van der Waals surface area contributed by atoms with Crippen LogP contribution in [0.3, 0.4) is 0 Å². The number of aryl methyl sites for hydroxylation is 1. The highest BCUT2D eigenvalue weighted by Gasteiger charge is 2.17. The number of rotatable bonds is 4. The highest BCUT2D eigenvalue weighted by Crippen LogP contribution is 2.30. The number of nitrogens with zero attached hydrogens (tertiary/aromatic N) is 4. The average Bonchev–Trinajstić information content (AvgIpc) is 2.93. The molecule has 3 rings (SSSR count). The van der Waals surface area contributed by atoms with Crippen molar-refractivity contribution in [2.75, 3.05) is 7.11 Å². The van der Waals surface area contributed by atoms with E-state index >= 15 is 0 Å². The van der Waals surface area contributed by atoms with Crippen molar-refractivity contribution in [2.24, 2.45) is 10.2 Å². The molecule has 0 bridgehead atoms. The van der Waals surface area contributed by atoms with Crippen molar-refractivity contribution < 1.29 is 14.6 Å². The second-order valence-electron chi connectivity index (χ2n) is 5.35. The van der Waals surface area contributed by atoms with Crippen molar-refractivity contribution in [3.8, 4) is 5.75 Å². The number of hydrogen-bond donors (Lipinski definition) is 1. The second-order valence-corrected chi connectivity index (χ2v) is 5.79. The number of imidazole rings is 1. The lowest BCUT2D eigenvalue weighted by Crippen LogP contribution is -2.04. The molecular formula is C17H15ClN4O3. The monoisotopic (exact) mass is 358 g/mol. The Morgan fingerprint density at radius 3 is 2.88 bits per heavy atom. The summed E-state index contributed by atoms with van der Waals surface area (Å²) in [7, 11) is 1.30. The standard InChI is InChI=1S/C17H15ClN4O3/c1-10-8-11(18)5-6-12(10)20-21-16-13(9-15(24)25-2)19-17-14(23)4-3-7-22(16)17/h3-8,23H,9H2,1-2H3. The summed E-state index contributed by atoms with van der Waals surface area (Å²) in [4.78, 5) is 15.9. The molecule has 2 heterocycles. The number of carbonyl (C=O) groups excluding carboxylic acids is 1. The predicted octanol–water partition coefficient (Wildman–Crippen LogP) is 4.13. The fourth-order valence-corrected chi connectivity index (χ4v) is 2.58. The van der Waals surface area contributed by atoms with Crippen molar-refractivity contribution in [3.05, 3.63) is 52.8 Å². The molecular weight excluding hydrogens is 344 g/mol. The fourth-order valence-electron chi connectivity index (χ4n) is 2.35. The van der Waals surface area contributed by atoms with Gasteiger partial charge in [0.1, 0.15) is 0 Å². The molecule has 3 aromatic rings. The van der Waals surface area contributed by atoms with E-state index in [4.69, 9.17) is 16.3 Å². The van der Waals surface area contributed by atoms with Gasteiger partial charge in [0.05, 0.1) is 24.9 Å². The number of aromatic hydroxyl groups is 1. The first kappa shape index (κ1) is 16.9. The maximum atomic E-state index is 11.6. The highest BCUT2D eigenvalue weighted by atomic mass is 35.5. The first-order chi connectivity index (χ1) is 12.0. The zero-order chi connectivity index (χ0) is 18.0. The summed E-state index contributed by atoms with van der Waals surface area (Å²) < 4.78 is 6.26. The quantitative estimate of drug-likeness (QED) is 0.561. The number of ether oxygens (including phenoxy) is 1. The minimum absolute atomic E-state index is 0.0160. The molecule has 0 aliphatic rings. The zero-order valence-electron chi connectivity index (χ0n) is 13.6. The number of esters is 1. The van der Waals surface area contributed by atoms with Crippen LogP contribution >= 0.6 is 11.6 Å². The van der Waals surface area contributed by atoms with Crippen LogP contribution in [0, 0.1) is 6.92 Å². The molecule has 0 saturated carbocycles.